The Kier molecular flexibility index (Phi) is 11.9. The summed E-state index contributed by atoms with van der Waals surface area (Å²) in [7, 11) is 0. The van der Waals surface area contributed by atoms with Crippen molar-refractivity contribution in [3.05, 3.63) is 98.4 Å². The van der Waals surface area contributed by atoms with Gasteiger partial charge in [0.25, 0.3) is 5.91 Å². The van der Waals surface area contributed by atoms with Gasteiger partial charge in [-0.1, -0.05) is 91.7 Å². The standard InChI is InChI=1S/C31H36Br2N2O3/c1-4-5-16-34-31(37)28(18-23-10-7-6-8-11-23)35(20-24-12-9-13-26(32)17-24)30(36)21-38-29-15-14-25(22(2)3)19-27(29)33/h6-15,17,19,22,28H,4-5,16,18,20-21H2,1-3H3,(H,34,37)/t28-/m0/s1. The smallest absolute Gasteiger partial charge is 0.261 e. The fourth-order valence-electron chi connectivity index (χ4n) is 4.11. The number of nitrogens with one attached hydrogen (secondary N) is 1. The Morgan fingerprint density at radius 1 is 0.947 bits per heavy atom. The second-order valence-electron chi connectivity index (χ2n) is 9.63. The Balaban J connectivity index is 1.89. The van der Waals surface area contributed by atoms with E-state index in [0.29, 0.717) is 24.6 Å². The fraction of sp³-hybridized carbons (Fsp3) is 0.355. The average Bonchev–Trinajstić information content (AvgIpc) is 2.90. The van der Waals surface area contributed by atoms with Crippen molar-refractivity contribution in [1.82, 2.24) is 10.2 Å². The molecule has 0 aliphatic rings. The molecule has 0 aliphatic heterocycles. The number of hydrogen-bond acceptors (Lipinski definition) is 3. The molecule has 0 saturated heterocycles. The first kappa shape index (κ1) is 29.9. The summed E-state index contributed by atoms with van der Waals surface area (Å²) in [5.41, 5.74) is 3.09. The zero-order valence-corrected chi connectivity index (χ0v) is 25.4. The van der Waals surface area contributed by atoms with Gasteiger partial charge in [0.05, 0.1) is 4.47 Å². The Labute approximate surface area is 243 Å². The summed E-state index contributed by atoms with van der Waals surface area (Å²) in [5.74, 6) is 0.564. The van der Waals surface area contributed by atoms with Crippen molar-refractivity contribution in [2.45, 2.75) is 58.5 Å². The molecule has 0 heterocycles. The molecule has 3 aromatic rings. The van der Waals surface area contributed by atoms with Gasteiger partial charge in [0, 0.05) is 24.0 Å². The van der Waals surface area contributed by atoms with Crippen LogP contribution in [-0.4, -0.2) is 35.9 Å². The molecule has 0 spiro atoms. The molecule has 1 atom stereocenters. The monoisotopic (exact) mass is 642 g/mol. The maximum atomic E-state index is 13.8. The van der Waals surface area contributed by atoms with Gasteiger partial charge < -0.3 is 15.0 Å². The summed E-state index contributed by atoms with van der Waals surface area (Å²) in [6, 6.07) is 22.8. The Bertz CT molecular complexity index is 1200. The van der Waals surface area contributed by atoms with Crippen LogP contribution in [0.5, 0.6) is 5.75 Å². The zero-order valence-electron chi connectivity index (χ0n) is 22.3. The van der Waals surface area contributed by atoms with Crippen LogP contribution in [0.2, 0.25) is 0 Å². The zero-order chi connectivity index (χ0) is 27.5. The minimum atomic E-state index is -0.684. The lowest BCUT2D eigenvalue weighted by Crippen LogP contribution is -2.51. The van der Waals surface area contributed by atoms with Gasteiger partial charge in [-0.25, -0.2) is 0 Å². The van der Waals surface area contributed by atoms with Gasteiger partial charge in [-0.3, -0.25) is 9.59 Å². The van der Waals surface area contributed by atoms with Crippen LogP contribution >= 0.6 is 31.9 Å². The number of unbranched alkanes of at least 4 members (excludes halogenated alkanes) is 1. The molecule has 0 aromatic heterocycles. The summed E-state index contributed by atoms with van der Waals surface area (Å²) in [4.78, 5) is 28.9. The van der Waals surface area contributed by atoms with Crippen LogP contribution < -0.4 is 10.1 Å². The SMILES string of the molecule is CCCCNC(=O)[C@H](Cc1ccccc1)N(Cc1cccc(Br)c1)C(=O)COc1ccc(C(C)C)cc1Br. The lowest BCUT2D eigenvalue weighted by molar-refractivity contribution is -0.142. The number of amides is 2. The second-order valence-corrected chi connectivity index (χ2v) is 11.4. The molecule has 0 saturated carbocycles. The lowest BCUT2D eigenvalue weighted by Gasteiger charge is -2.31. The summed E-state index contributed by atoms with van der Waals surface area (Å²) in [6.45, 7) is 7.02. The average molecular weight is 644 g/mol. The largest absolute Gasteiger partial charge is 0.483 e. The highest BCUT2D eigenvalue weighted by Gasteiger charge is 2.30. The van der Waals surface area contributed by atoms with Crippen molar-refractivity contribution in [3.8, 4) is 5.75 Å². The van der Waals surface area contributed by atoms with Gasteiger partial charge in [-0.15, -0.1) is 0 Å². The molecule has 202 valence electrons. The molecule has 0 bridgehead atoms. The first-order valence-corrected chi connectivity index (χ1v) is 14.6. The van der Waals surface area contributed by atoms with E-state index < -0.39 is 6.04 Å². The quantitative estimate of drug-likeness (QED) is 0.199. The molecule has 7 heteroatoms. The molecular formula is C31H36Br2N2O3. The van der Waals surface area contributed by atoms with Crippen molar-refractivity contribution >= 4 is 43.7 Å². The third-order valence-corrected chi connectivity index (χ3v) is 7.43. The van der Waals surface area contributed by atoms with E-state index in [-0.39, 0.29) is 25.0 Å². The van der Waals surface area contributed by atoms with Gasteiger partial charge in [0.15, 0.2) is 6.61 Å². The predicted molar refractivity (Wildman–Crippen MR) is 160 cm³/mol. The van der Waals surface area contributed by atoms with E-state index in [9.17, 15) is 9.59 Å². The van der Waals surface area contributed by atoms with E-state index in [0.717, 1.165) is 32.9 Å². The molecule has 38 heavy (non-hydrogen) atoms. The number of carbonyl (C=O) groups excluding carboxylic acids is 2. The van der Waals surface area contributed by atoms with Crippen LogP contribution in [0.15, 0.2) is 81.7 Å². The molecule has 0 aliphatic carbocycles. The molecule has 3 rings (SSSR count). The number of nitrogens with zero attached hydrogens (tertiary/aromatic N) is 1. The highest BCUT2D eigenvalue weighted by Crippen LogP contribution is 2.29. The number of rotatable bonds is 13. The molecule has 0 radical (unpaired) electrons. The first-order chi connectivity index (χ1) is 18.3. The highest BCUT2D eigenvalue weighted by atomic mass is 79.9. The minimum absolute atomic E-state index is 0.159. The number of ether oxygens (including phenoxy) is 1. The van der Waals surface area contributed by atoms with Crippen LogP contribution in [0.25, 0.3) is 0 Å². The normalized spacial score (nSPS) is 11.7. The van der Waals surface area contributed by atoms with E-state index in [4.69, 9.17) is 4.74 Å². The number of halogens is 2. The maximum absolute atomic E-state index is 13.8. The van der Waals surface area contributed by atoms with Gasteiger partial charge in [-0.05, 0) is 69.2 Å². The molecular weight excluding hydrogens is 608 g/mol. The predicted octanol–water partition coefficient (Wildman–Crippen LogP) is 7.27. The Morgan fingerprint density at radius 2 is 1.68 bits per heavy atom. The second kappa shape index (κ2) is 15.1. The van der Waals surface area contributed by atoms with Gasteiger partial charge >= 0.3 is 0 Å². The number of benzene rings is 3. The summed E-state index contributed by atoms with van der Waals surface area (Å²) in [6.07, 6.45) is 2.26. The summed E-state index contributed by atoms with van der Waals surface area (Å²) < 4.78 is 7.69. The van der Waals surface area contributed by atoms with Gasteiger partial charge in [0.1, 0.15) is 11.8 Å². The minimum Gasteiger partial charge on any atom is -0.483 e. The topological polar surface area (TPSA) is 58.6 Å². The highest BCUT2D eigenvalue weighted by molar-refractivity contribution is 9.10. The Hall–Kier alpha value is -2.64. The van der Waals surface area contributed by atoms with Crippen molar-refractivity contribution < 1.29 is 14.3 Å². The van der Waals surface area contributed by atoms with Crippen molar-refractivity contribution in [2.75, 3.05) is 13.2 Å². The van der Waals surface area contributed by atoms with Gasteiger partial charge in [-0.2, -0.15) is 0 Å². The summed E-state index contributed by atoms with van der Waals surface area (Å²) in [5, 5.41) is 3.05. The van der Waals surface area contributed by atoms with Crippen LogP contribution in [0.3, 0.4) is 0 Å². The van der Waals surface area contributed by atoms with Crippen LogP contribution in [0, 0.1) is 0 Å². The van der Waals surface area contributed by atoms with E-state index in [2.05, 4.69) is 57.9 Å². The van der Waals surface area contributed by atoms with E-state index in [1.165, 1.54) is 5.56 Å². The Morgan fingerprint density at radius 3 is 2.34 bits per heavy atom. The molecule has 1 N–H and O–H groups in total. The van der Waals surface area contributed by atoms with Crippen molar-refractivity contribution in [2.24, 2.45) is 0 Å². The van der Waals surface area contributed by atoms with Crippen molar-refractivity contribution in [3.63, 3.8) is 0 Å². The third kappa shape index (κ3) is 8.98. The van der Waals surface area contributed by atoms with Crippen LogP contribution in [0.1, 0.15) is 56.2 Å². The van der Waals surface area contributed by atoms with E-state index >= 15 is 0 Å². The number of carbonyl (C=O) groups is 2. The molecule has 5 nitrogen and oxygen atoms in total. The third-order valence-electron chi connectivity index (χ3n) is 6.32. The molecule has 0 fully saturated rings. The fourth-order valence-corrected chi connectivity index (χ4v) is 5.07. The van der Waals surface area contributed by atoms with E-state index in [1.54, 1.807) is 4.90 Å². The summed E-state index contributed by atoms with van der Waals surface area (Å²) >= 11 is 7.10. The van der Waals surface area contributed by atoms with Crippen molar-refractivity contribution in [1.29, 1.82) is 0 Å². The van der Waals surface area contributed by atoms with E-state index in [1.807, 2.05) is 72.8 Å². The lowest BCUT2D eigenvalue weighted by atomic mass is 10.0. The molecule has 0 unspecified atom stereocenters. The molecule has 2 amide bonds. The van der Waals surface area contributed by atoms with Gasteiger partial charge in [0.2, 0.25) is 5.91 Å². The maximum Gasteiger partial charge on any atom is 0.261 e. The number of hydrogen-bond donors (Lipinski definition) is 1. The van der Waals surface area contributed by atoms with Crippen LogP contribution in [-0.2, 0) is 22.6 Å². The molecule has 3 aromatic carbocycles. The van der Waals surface area contributed by atoms with Crippen LogP contribution in [0.4, 0.5) is 0 Å². The first-order valence-electron chi connectivity index (χ1n) is 13.1.